The lowest BCUT2D eigenvalue weighted by atomic mass is 10.3. The molecule has 0 aliphatic heterocycles. The van der Waals surface area contributed by atoms with Gasteiger partial charge in [-0.2, -0.15) is 0 Å². The molecular formula is C18H21N7O. The van der Waals surface area contributed by atoms with Crippen LogP contribution in [0.3, 0.4) is 0 Å². The van der Waals surface area contributed by atoms with E-state index in [1.165, 1.54) is 6.20 Å². The fourth-order valence-corrected chi connectivity index (χ4v) is 2.40. The number of benzene rings is 1. The third-order valence-corrected chi connectivity index (χ3v) is 3.68. The maximum absolute atomic E-state index is 12.2. The summed E-state index contributed by atoms with van der Waals surface area (Å²) in [5.74, 6) is 1.99. The number of carbonyl (C=O) groups is 1. The van der Waals surface area contributed by atoms with Gasteiger partial charge in [-0.3, -0.25) is 9.78 Å². The number of carbonyl (C=O) groups excluding carboxylic acids is 1. The molecule has 8 heteroatoms. The Bertz CT molecular complexity index is 926. The maximum Gasteiger partial charge on any atom is 0.271 e. The van der Waals surface area contributed by atoms with Crippen molar-refractivity contribution in [1.82, 2.24) is 25.3 Å². The summed E-state index contributed by atoms with van der Waals surface area (Å²) in [6.07, 6.45) is 1.49. The molecule has 0 radical (unpaired) electrons. The van der Waals surface area contributed by atoms with Crippen LogP contribution in [0.1, 0.15) is 16.3 Å². The SMILES string of the molecule is Cc1nc(NCCNC(=O)c2cnc3ccccc3n2)cc(N(C)C)n1. The summed E-state index contributed by atoms with van der Waals surface area (Å²) in [6.45, 7) is 2.82. The molecule has 2 N–H and O–H groups in total. The number of nitrogens with one attached hydrogen (secondary N) is 2. The van der Waals surface area contributed by atoms with Crippen molar-refractivity contribution in [2.24, 2.45) is 0 Å². The van der Waals surface area contributed by atoms with Gasteiger partial charge in [0.15, 0.2) is 0 Å². The van der Waals surface area contributed by atoms with Crippen LogP contribution >= 0.6 is 0 Å². The topological polar surface area (TPSA) is 95.9 Å². The van der Waals surface area contributed by atoms with Crippen molar-refractivity contribution in [3.63, 3.8) is 0 Å². The molecule has 0 aliphatic carbocycles. The van der Waals surface area contributed by atoms with E-state index < -0.39 is 0 Å². The molecule has 3 rings (SSSR count). The first-order valence-electron chi connectivity index (χ1n) is 8.30. The summed E-state index contributed by atoms with van der Waals surface area (Å²) in [7, 11) is 3.85. The Labute approximate surface area is 151 Å². The highest BCUT2D eigenvalue weighted by Gasteiger charge is 2.08. The van der Waals surface area contributed by atoms with Crippen LogP contribution in [0.5, 0.6) is 0 Å². The van der Waals surface area contributed by atoms with Crippen LogP contribution < -0.4 is 15.5 Å². The molecule has 0 aliphatic rings. The van der Waals surface area contributed by atoms with Crippen LogP contribution in [0, 0.1) is 6.92 Å². The maximum atomic E-state index is 12.2. The van der Waals surface area contributed by atoms with Crippen LogP contribution in [0.25, 0.3) is 11.0 Å². The smallest absolute Gasteiger partial charge is 0.271 e. The van der Waals surface area contributed by atoms with Crippen LogP contribution in [0.4, 0.5) is 11.6 Å². The second-order valence-electron chi connectivity index (χ2n) is 5.98. The van der Waals surface area contributed by atoms with E-state index in [2.05, 4.69) is 30.6 Å². The Morgan fingerprint density at radius 3 is 2.62 bits per heavy atom. The molecule has 0 spiro atoms. The Kier molecular flexibility index (Phi) is 5.21. The molecule has 0 saturated heterocycles. The highest BCUT2D eigenvalue weighted by atomic mass is 16.1. The van der Waals surface area contributed by atoms with E-state index in [-0.39, 0.29) is 5.91 Å². The van der Waals surface area contributed by atoms with Crippen LogP contribution in [0.15, 0.2) is 36.5 Å². The van der Waals surface area contributed by atoms with Gasteiger partial charge in [-0.1, -0.05) is 12.1 Å². The molecule has 1 aromatic carbocycles. The van der Waals surface area contributed by atoms with Crippen molar-refractivity contribution in [1.29, 1.82) is 0 Å². The molecule has 0 fully saturated rings. The van der Waals surface area contributed by atoms with Gasteiger partial charge in [-0.05, 0) is 19.1 Å². The van der Waals surface area contributed by atoms with E-state index in [4.69, 9.17) is 0 Å². The lowest BCUT2D eigenvalue weighted by Gasteiger charge is -2.14. The minimum atomic E-state index is -0.252. The molecule has 1 amide bonds. The standard InChI is InChI=1S/C18H21N7O/c1-12-22-16(10-17(23-12)25(2)3)19-8-9-20-18(26)15-11-21-13-6-4-5-7-14(13)24-15/h4-7,10-11H,8-9H2,1-3H3,(H,20,26)(H,19,22,23). The van der Waals surface area contributed by atoms with Crippen LogP contribution in [-0.2, 0) is 0 Å². The van der Waals surface area contributed by atoms with Gasteiger partial charge in [0.2, 0.25) is 0 Å². The zero-order chi connectivity index (χ0) is 18.5. The van der Waals surface area contributed by atoms with Crippen molar-refractivity contribution in [3.05, 3.63) is 48.0 Å². The number of aryl methyl sites for hydroxylation is 1. The van der Waals surface area contributed by atoms with E-state index >= 15 is 0 Å². The Balaban J connectivity index is 1.55. The quantitative estimate of drug-likeness (QED) is 0.652. The zero-order valence-electron chi connectivity index (χ0n) is 15.0. The lowest BCUT2D eigenvalue weighted by molar-refractivity contribution is 0.0950. The molecule has 0 unspecified atom stereocenters. The lowest BCUT2D eigenvalue weighted by Crippen LogP contribution is -2.29. The first-order valence-corrected chi connectivity index (χ1v) is 8.30. The average Bonchev–Trinajstić information content (AvgIpc) is 2.64. The van der Waals surface area contributed by atoms with Gasteiger partial charge in [-0.15, -0.1) is 0 Å². The average molecular weight is 351 g/mol. The summed E-state index contributed by atoms with van der Waals surface area (Å²) in [5, 5.41) is 6.02. The van der Waals surface area contributed by atoms with Crippen molar-refractivity contribution in [3.8, 4) is 0 Å². The van der Waals surface area contributed by atoms with Crippen LogP contribution in [0.2, 0.25) is 0 Å². The summed E-state index contributed by atoms with van der Waals surface area (Å²) in [6, 6.07) is 9.32. The molecule has 0 saturated carbocycles. The minimum Gasteiger partial charge on any atom is -0.368 e. The molecular weight excluding hydrogens is 330 g/mol. The third kappa shape index (κ3) is 4.21. The highest BCUT2D eigenvalue weighted by molar-refractivity contribution is 5.93. The van der Waals surface area contributed by atoms with Crippen molar-refractivity contribution in [2.45, 2.75) is 6.92 Å². The molecule has 134 valence electrons. The molecule has 0 bridgehead atoms. The van der Waals surface area contributed by atoms with Gasteiger partial charge < -0.3 is 15.5 Å². The summed E-state index contributed by atoms with van der Waals surface area (Å²) >= 11 is 0. The fraction of sp³-hybridized carbons (Fsp3) is 0.278. The Morgan fingerprint density at radius 1 is 1.08 bits per heavy atom. The number of hydrogen-bond acceptors (Lipinski definition) is 7. The van der Waals surface area contributed by atoms with E-state index in [1.54, 1.807) is 0 Å². The van der Waals surface area contributed by atoms with Gasteiger partial charge in [0.1, 0.15) is 23.2 Å². The first kappa shape index (κ1) is 17.5. The van der Waals surface area contributed by atoms with Crippen molar-refractivity contribution >= 4 is 28.6 Å². The van der Waals surface area contributed by atoms with Crippen LogP contribution in [-0.4, -0.2) is 53.0 Å². The molecule has 8 nitrogen and oxygen atoms in total. The molecule has 3 aromatic rings. The normalized spacial score (nSPS) is 10.6. The van der Waals surface area contributed by atoms with Gasteiger partial charge in [0.05, 0.1) is 17.2 Å². The molecule has 2 aromatic heterocycles. The monoisotopic (exact) mass is 351 g/mol. The predicted molar refractivity (Wildman–Crippen MR) is 101 cm³/mol. The summed E-state index contributed by atoms with van der Waals surface area (Å²) in [5.41, 5.74) is 1.77. The van der Waals surface area contributed by atoms with Gasteiger partial charge >= 0.3 is 0 Å². The summed E-state index contributed by atoms with van der Waals surface area (Å²) < 4.78 is 0. The summed E-state index contributed by atoms with van der Waals surface area (Å²) in [4.78, 5) is 31.4. The van der Waals surface area contributed by atoms with E-state index in [0.29, 0.717) is 30.1 Å². The van der Waals surface area contributed by atoms with Crippen molar-refractivity contribution < 1.29 is 4.79 Å². The highest BCUT2D eigenvalue weighted by Crippen LogP contribution is 2.13. The predicted octanol–water partition coefficient (Wildman–Crippen LogP) is 1.64. The zero-order valence-corrected chi connectivity index (χ0v) is 15.0. The number of amides is 1. The second-order valence-corrected chi connectivity index (χ2v) is 5.98. The number of fused-ring (bicyclic) bond motifs is 1. The number of para-hydroxylation sites is 2. The third-order valence-electron chi connectivity index (χ3n) is 3.68. The molecule has 26 heavy (non-hydrogen) atoms. The minimum absolute atomic E-state index is 0.252. The number of anilines is 2. The number of aromatic nitrogens is 4. The Hall–Kier alpha value is -3.29. The number of rotatable bonds is 6. The second kappa shape index (κ2) is 7.73. The van der Waals surface area contributed by atoms with Gasteiger partial charge in [0, 0.05) is 33.3 Å². The molecule has 0 atom stereocenters. The van der Waals surface area contributed by atoms with E-state index in [9.17, 15) is 4.79 Å². The van der Waals surface area contributed by atoms with Crippen molar-refractivity contribution in [2.75, 3.05) is 37.4 Å². The largest absolute Gasteiger partial charge is 0.368 e. The van der Waals surface area contributed by atoms with Gasteiger partial charge in [0.25, 0.3) is 5.91 Å². The van der Waals surface area contributed by atoms with Gasteiger partial charge in [-0.25, -0.2) is 15.0 Å². The first-order chi connectivity index (χ1) is 12.5. The number of nitrogens with zero attached hydrogens (tertiary/aromatic N) is 5. The molecule has 2 heterocycles. The Morgan fingerprint density at radius 2 is 1.85 bits per heavy atom. The van der Waals surface area contributed by atoms with E-state index in [0.717, 1.165) is 17.2 Å². The fourth-order valence-electron chi connectivity index (χ4n) is 2.40. The van der Waals surface area contributed by atoms with E-state index in [1.807, 2.05) is 56.3 Å². The number of hydrogen-bond donors (Lipinski definition) is 2.